The van der Waals surface area contributed by atoms with Crippen LogP contribution in [-0.4, -0.2) is 6.29 Å². The van der Waals surface area contributed by atoms with E-state index in [2.05, 4.69) is 0 Å². The van der Waals surface area contributed by atoms with Crippen molar-refractivity contribution >= 4 is 12.0 Å². The van der Waals surface area contributed by atoms with Gasteiger partial charge in [0.05, 0.1) is 0 Å². The fourth-order valence-electron chi connectivity index (χ4n) is 0.985. The van der Waals surface area contributed by atoms with Gasteiger partial charge in [-0.1, -0.05) is 104 Å². The maximum atomic E-state index is 10.0. The van der Waals surface area contributed by atoms with Crippen LogP contribution in [0.25, 0.3) is 0 Å². The monoisotopic (exact) mass is 319 g/mol. The number of hydrogen-bond donors (Lipinski definition) is 1. The van der Waals surface area contributed by atoms with Crippen LogP contribution < -0.4 is 5.73 Å². The fourth-order valence-corrected chi connectivity index (χ4v) is 0.985. The maximum Gasteiger partial charge on any atom is 0.150 e. The molecule has 2 rings (SSSR count). The Hall–Kier alpha value is -2.09. The fraction of sp³-hybridized carbons (Fsp3) is 0.381. The third-order valence-corrected chi connectivity index (χ3v) is 1.74. The lowest BCUT2D eigenvalue weighted by molar-refractivity contribution is 0.112. The number of benzene rings is 2. The first kappa shape index (κ1) is 29.0. The molecule has 0 fully saturated rings. The SMILES string of the molecule is CC.CC.CC.CC.Nc1ccccc1.O=Cc1ccccc1. The summed E-state index contributed by atoms with van der Waals surface area (Å²) in [6.45, 7) is 16.0. The van der Waals surface area contributed by atoms with Crippen LogP contribution in [0.3, 0.4) is 0 Å². The minimum atomic E-state index is 0.729. The predicted molar refractivity (Wildman–Crippen MR) is 108 cm³/mol. The van der Waals surface area contributed by atoms with Crippen LogP contribution in [0.4, 0.5) is 5.69 Å². The first-order valence-electron chi connectivity index (χ1n) is 8.63. The standard InChI is InChI=1S/C7H6O.C6H7N.4C2H6/c8-6-7-4-2-1-3-5-7;7-6-4-2-1-3-5-6;4*1-2/h1-6H;1-5H,7H2;4*1-2H3. The van der Waals surface area contributed by atoms with Gasteiger partial charge in [0.15, 0.2) is 0 Å². The Kier molecular flexibility index (Phi) is 40.4. The van der Waals surface area contributed by atoms with Crippen LogP contribution >= 0.6 is 0 Å². The number of para-hydroxylation sites is 1. The summed E-state index contributed by atoms with van der Waals surface area (Å²) in [5.41, 5.74) is 6.91. The van der Waals surface area contributed by atoms with Crippen molar-refractivity contribution in [1.29, 1.82) is 0 Å². The lowest BCUT2D eigenvalue weighted by Gasteiger charge is -1.83. The second-order valence-electron chi connectivity index (χ2n) is 2.94. The summed E-state index contributed by atoms with van der Waals surface area (Å²) >= 11 is 0. The first-order valence-corrected chi connectivity index (χ1v) is 8.63. The van der Waals surface area contributed by atoms with Crippen molar-refractivity contribution in [2.24, 2.45) is 0 Å². The van der Waals surface area contributed by atoms with Gasteiger partial charge in [0.2, 0.25) is 0 Å². The van der Waals surface area contributed by atoms with Gasteiger partial charge in [0, 0.05) is 11.3 Å². The van der Waals surface area contributed by atoms with Crippen molar-refractivity contribution in [3.8, 4) is 0 Å². The molecule has 0 unspecified atom stereocenters. The molecule has 0 saturated heterocycles. The van der Waals surface area contributed by atoms with Crippen molar-refractivity contribution in [2.75, 3.05) is 5.73 Å². The second-order valence-corrected chi connectivity index (χ2v) is 2.94. The highest BCUT2D eigenvalue weighted by atomic mass is 16.1. The Labute approximate surface area is 144 Å². The van der Waals surface area contributed by atoms with Gasteiger partial charge in [-0.2, -0.15) is 0 Å². The van der Waals surface area contributed by atoms with E-state index in [1.807, 2.05) is 104 Å². The average molecular weight is 320 g/mol. The molecule has 2 heteroatoms. The van der Waals surface area contributed by atoms with Crippen LogP contribution in [0.1, 0.15) is 65.7 Å². The molecular weight excluding hydrogens is 282 g/mol. The number of aldehydes is 1. The Morgan fingerprint density at radius 1 is 0.609 bits per heavy atom. The number of nitrogens with two attached hydrogens (primary N) is 1. The highest BCUT2D eigenvalue weighted by molar-refractivity contribution is 5.74. The number of nitrogen functional groups attached to an aromatic ring is 1. The van der Waals surface area contributed by atoms with Crippen molar-refractivity contribution < 1.29 is 4.79 Å². The zero-order valence-corrected chi connectivity index (χ0v) is 16.3. The van der Waals surface area contributed by atoms with Crippen LogP contribution in [-0.2, 0) is 0 Å². The Balaban J connectivity index is -0.000000110. The molecule has 2 aromatic rings. The molecule has 2 N–H and O–H groups in total. The van der Waals surface area contributed by atoms with Crippen molar-refractivity contribution in [3.63, 3.8) is 0 Å². The van der Waals surface area contributed by atoms with E-state index in [0.29, 0.717) is 0 Å². The number of hydrogen-bond acceptors (Lipinski definition) is 2. The molecule has 2 nitrogen and oxygen atoms in total. The van der Waals surface area contributed by atoms with Crippen LogP contribution in [0.5, 0.6) is 0 Å². The number of anilines is 1. The number of carbonyl (C=O) groups excluding carboxylic acids is 1. The molecule has 0 saturated carbocycles. The van der Waals surface area contributed by atoms with Gasteiger partial charge in [0.25, 0.3) is 0 Å². The van der Waals surface area contributed by atoms with Gasteiger partial charge >= 0.3 is 0 Å². The van der Waals surface area contributed by atoms with Gasteiger partial charge in [-0.05, 0) is 12.1 Å². The summed E-state index contributed by atoms with van der Waals surface area (Å²) in [6.07, 6.45) is 0.833. The van der Waals surface area contributed by atoms with E-state index < -0.39 is 0 Å². The minimum absolute atomic E-state index is 0.729. The first-order chi connectivity index (χ1) is 11.3. The van der Waals surface area contributed by atoms with E-state index in [1.165, 1.54) is 0 Å². The van der Waals surface area contributed by atoms with E-state index in [-0.39, 0.29) is 0 Å². The van der Waals surface area contributed by atoms with Crippen molar-refractivity contribution in [1.82, 2.24) is 0 Å². The molecule has 0 aliphatic heterocycles. The van der Waals surface area contributed by atoms with Crippen LogP contribution in [0, 0.1) is 0 Å². The molecule has 0 heterocycles. The van der Waals surface area contributed by atoms with Gasteiger partial charge in [-0.3, -0.25) is 4.79 Å². The molecule has 0 aromatic heterocycles. The third kappa shape index (κ3) is 25.2. The van der Waals surface area contributed by atoms with E-state index in [4.69, 9.17) is 5.73 Å². The lowest BCUT2D eigenvalue weighted by atomic mass is 10.2. The van der Waals surface area contributed by atoms with Crippen molar-refractivity contribution in [3.05, 3.63) is 66.2 Å². The largest absolute Gasteiger partial charge is 0.399 e. The highest BCUT2D eigenvalue weighted by Crippen LogP contribution is 1.95. The molecule has 0 bridgehead atoms. The summed E-state index contributed by atoms with van der Waals surface area (Å²) in [4.78, 5) is 10.0. The maximum absolute atomic E-state index is 10.0. The van der Waals surface area contributed by atoms with Crippen LogP contribution in [0.15, 0.2) is 60.7 Å². The molecule has 0 radical (unpaired) electrons. The molecular formula is C21H37NO. The topological polar surface area (TPSA) is 43.1 Å². The molecule has 132 valence electrons. The quantitative estimate of drug-likeness (QED) is 0.460. The Morgan fingerprint density at radius 2 is 0.913 bits per heavy atom. The minimum Gasteiger partial charge on any atom is -0.399 e. The zero-order valence-electron chi connectivity index (χ0n) is 16.3. The summed E-state index contributed by atoms with van der Waals surface area (Å²) in [5.74, 6) is 0. The Bertz CT molecular complexity index is 385. The van der Waals surface area contributed by atoms with Gasteiger partial charge in [-0.15, -0.1) is 0 Å². The summed E-state index contributed by atoms with van der Waals surface area (Å²) in [6, 6.07) is 18.6. The molecule has 0 aliphatic rings. The van der Waals surface area contributed by atoms with Gasteiger partial charge in [-0.25, -0.2) is 0 Å². The van der Waals surface area contributed by atoms with Crippen molar-refractivity contribution in [2.45, 2.75) is 55.4 Å². The predicted octanol–water partition coefficient (Wildman–Crippen LogP) is 6.87. The molecule has 0 atom stereocenters. The van der Waals surface area contributed by atoms with E-state index >= 15 is 0 Å². The van der Waals surface area contributed by atoms with Gasteiger partial charge < -0.3 is 5.73 Å². The molecule has 0 aliphatic carbocycles. The van der Waals surface area contributed by atoms with Crippen LogP contribution in [0.2, 0.25) is 0 Å². The molecule has 0 spiro atoms. The number of rotatable bonds is 1. The van der Waals surface area contributed by atoms with E-state index in [1.54, 1.807) is 12.1 Å². The molecule has 2 aromatic carbocycles. The smallest absolute Gasteiger partial charge is 0.150 e. The third-order valence-electron chi connectivity index (χ3n) is 1.74. The number of carbonyl (C=O) groups is 1. The summed E-state index contributed by atoms with van der Waals surface area (Å²) < 4.78 is 0. The second kappa shape index (κ2) is 32.0. The Morgan fingerprint density at radius 3 is 1.09 bits per heavy atom. The van der Waals surface area contributed by atoms with E-state index in [0.717, 1.165) is 17.5 Å². The summed E-state index contributed by atoms with van der Waals surface area (Å²) in [5, 5.41) is 0. The molecule has 0 amide bonds. The van der Waals surface area contributed by atoms with Gasteiger partial charge in [0.1, 0.15) is 6.29 Å². The normalized spacial score (nSPS) is 6.61. The lowest BCUT2D eigenvalue weighted by Crippen LogP contribution is -1.79. The zero-order chi connectivity index (χ0) is 18.9. The average Bonchev–Trinajstić information content (AvgIpc) is 2.70. The van der Waals surface area contributed by atoms with E-state index in [9.17, 15) is 4.79 Å². The summed E-state index contributed by atoms with van der Waals surface area (Å²) in [7, 11) is 0. The highest BCUT2D eigenvalue weighted by Gasteiger charge is 1.80. The molecule has 23 heavy (non-hydrogen) atoms.